The van der Waals surface area contributed by atoms with Crippen LogP contribution in [0, 0.1) is 32.1 Å². The summed E-state index contributed by atoms with van der Waals surface area (Å²) in [5.41, 5.74) is 2.45. The average molecular weight is 270 g/mol. The highest BCUT2D eigenvalue weighted by Crippen LogP contribution is 2.27. The first kappa shape index (κ1) is 13.4. The summed E-state index contributed by atoms with van der Waals surface area (Å²) < 4.78 is 0. The number of hydrogen-bond acceptors (Lipinski definition) is 4. The predicted octanol–water partition coefficient (Wildman–Crippen LogP) is 3.56. The molecule has 3 nitrogen and oxygen atoms in total. The van der Waals surface area contributed by atoms with Crippen LogP contribution in [0.1, 0.15) is 37.4 Å². The van der Waals surface area contributed by atoms with Crippen LogP contribution in [0.15, 0.2) is 24.3 Å². The SMILES string of the molecule is Cc1nc(C)c(C(=O)C(C#N)c2ccccc2C)s1. The van der Waals surface area contributed by atoms with Crippen LogP contribution in [0.5, 0.6) is 0 Å². The van der Waals surface area contributed by atoms with E-state index >= 15 is 0 Å². The van der Waals surface area contributed by atoms with Gasteiger partial charge in [-0.15, -0.1) is 11.3 Å². The van der Waals surface area contributed by atoms with E-state index in [4.69, 9.17) is 0 Å². The molecule has 96 valence electrons. The molecule has 1 atom stereocenters. The molecule has 19 heavy (non-hydrogen) atoms. The molecule has 0 spiro atoms. The van der Waals surface area contributed by atoms with E-state index in [-0.39, 0.29) is 5.78 Å². The van der Waals surface area contributed by atoms with Crippen LogP contribution in [0.3, 0.4) is 0 Å². The smallest absolute Gasteiger partial charge is 0.196 e. The summed E-state index contributed by atoms with van der Waals surface area (Å²) in [6.45, 7) is 5.59. The summed E-state index contributed by atoms with van der Waals surface area (Å²) in [6, 6.07) is 9.63. The Morgan fingerprint density at radius 2 is 2.00 bits per heavy atom. The number of nitriles is 1. The fraction of sp³-hybridized carbons (Fsp3) is 0.267. The van der Waals surface area contributed by atoms with E-state index in [9.17, 15) is 10.1 Å². The van der Waals surface area contributed by atoms with Gasteiger partial charge in [0.15, 0.2) is 5.78 Å². The van der Waals surface area contributed by atoms with Gasteiger partial charge in [0.05, 0.1) is 21.6 Å². The molecule has 0 aliphatic heterocycles. The minimum absolute atomic E-state index is 0.153. The fourth-order valence-corrected chi connectivity index (χ4v) is 2.96. The van der Waals surface area contributed by atoms with Crippen LogP contribution in [0.25, 0.3) is 0 Å². The van der Waals surface area contributed by atoms with Crippen molar-refractivity contribution < 1.29 is 4.79 Å². The number of aromatic nitrogens is 1. The van der Waals surface area contributed by atoms with Crippen molar-refractivity contribution in [2.45, 2.75) is 26.7 Å². The Morgan fingerprint density at radius 3 is 2.53 bits per heavy atom. The van der Waals surface area contributed by atoms with E-state index in [1.165, 1.54) is 11.3 Å². The van der Waals surface area contributed by atoms with Gasteiger partial charge in [-0.1, -0.05) is 24.3 Å². The van der Waals surface area contributed by atoms with Gasteiger partial charge in [-0.2, -0.15) is 5.26 Å². The number of hydrogen-bond donors (Lipinski definition) is 0. The molecule has 4 heteroatoms. The third kappa shape index (κ3) is 2.56. The van der Waals surface area contributed by atoms with Crippen molar-refractivity contribution in [1.82, 2.24) is 4.98 Å². The third-order valence-electron chi connectivity index (χ3n) is 3.02. The van der Waals surface area contributed by atoms with Gasteiger partial charge in [0.1, 0.15) is 5.92 Å². The number of thiazole rings is 1. The normalized spacial score (nSPS) is 11.9. The van der Waals surface area contributed by atoms with Crippen molar-refractivity contribution in [3.63, 3.8) is 0 Å². The summed E-state index contributed by atoms with van der Waals surface area (Å²) in [5.74, 6) is -0.903. The minimum atomic E-state index is -0.750. The second-order valence-corrected chi connectivity index (χ2v) is 5.63. The van der Waals surface area contributed by atoms with Gasteiger partial charge in [0.25, 0.3) is 0 Å². The molecular formula is C15H14N2OS. The van der Waals surface area contributed by atoms with E-state index in [2.05, 4.69) is 11.1 Å². The fourth-order valence-electron chi connectivity index (χ4n) is 2.07. The summed E-state index contributed by atoms with van der Waals surface area (Å²) in [4.78, 5) is 17.4. The Balaban J connectivity index is 2.44. The molecule has 0 amide bonds. The highest BCUT2D eigenvalue weighted by Gasteiger charge is 2.26. The molecule has 1 heterocycles. The number of Topliss-reactive ketones (excluding diaryl/α,β-unsaturated/α-hetero) is 1. The van der Waals surface area contributed by atoms with Crippen molar-refractivity contribution in [1.29, 1.82) is 5.26 Å². The molecule has 0 N–H and O–H groups in total. The molecule has 1 unspecified atom stereocenters. The van der Waals surface area contributed by atoms with Gasteiger partial charge < -0.3 is 0 Å². The number of aryl methyl sites for hydroxylation is 3. The molecule has 0 aliphatic rings. The average Bonchev–Trinajstić information content (AvgIpc) is 2.71. The Bertz CT molecular complexity index is 667. The first-order valence-corrected chi connectivity index (χ1v) is 6.79. The Labute approximate surface area is 116 Å². The Morgan fingerprint density at radius 1 is 1.32 bits per heavy atom. The van der Waals surface area contributed by atoms with E-state index < -0.39 is 5.92 Å². The zero-order chi connectivity index (χ0) is 14.0. The molecule has 0 radical (unpaired) electrons. The highest BCUT2D eigenvalue weighted by molar-refractivity contribution is 7.13. The molecule has 0 fully saturated rings. The highest BCUT2D eigenvalue weighted by atomic mass is 32.1. The third-order valence-corrected chi connectivity index (χ3v) is 4.11. The van der Waals surface area contributed by atoms with Gasteiger partial charge in [0.2, 0.25) is 0 Å². The predicted molar refractivity (Wildman–Crippen MR) is 75.5 cm³/mol. The first-order valence-electron chi connectivity index (χ1n) is 5.98. The lowest BCUT2D eigenvalue weighted by Crippen LogP contribution is -2.12. The maximum absolute atomic E-state index is 12.5. The lowest BCUT2D eigenvalue weighted by Gasteiger charge is -2.10. The largest absolute Gasteiger partial charge is 0.291 e. The maximum atomic E-state index is 12.5. The second-order valence-electron chi connectivity index (χ2n) is 4.43. The lowest BCUT2D eigenvalue weighted by molar-refractivity contribution is 0.0982. The van der Waals surface area contributed by atoms with Crippen molar-refractivity contribution >= 4 is 17.1 Å². The molecule has 1 aromatic carbocycles. The molecule has 0 saturated heterocycles. The van der Waals surface area contributed by atoms with E-state index in [0.717, 1.165) is 16.1 Å². The van der Waals surface area contributed by atoms with Crippen LogP contribution in [-0.4, -0.2) is 10.8 Å². The minimum Gasteiger partial charge on any atom is -0.291 e. The number of carbonyl (C=O) groups is 1. The zero-order valence-corrected chi connectivity index (χ0v) is 11.9. The summed E-state index contributed by atoms with van der Waals surface area (Å²) in [7, 11) is 0. The number of nitrogens with zero attached hydrogens (tertiary/aromatic N) is 2. The van der Waals surface area contributed by atoms with Crippen molar-refractivity contribution in [2.24, 2.45) is 0 Å². The standard InChI is InChI=1S/C15H14N2OS/c1-9-6-4-5-7-12(9)13(8-16)14(18)15-10(2)17-11(3)19-15/h4-7,13H,1-3H3. The number of benzene rings is 1. The van der Waals surface area contributed by atoms with Crippen molar-refractivity contribution in [2.75, 3.05) is 0 Å². The second kappa shape index (κ2) is 5.33. The Kier molecular flexibility index (Phi) is 3.77. The molecular weight excluding hydrogens is 256 g/mol. The van der Waals surface area contributed by atoms with Crippen molar-refractivity contribution in [3.8, 4) is 6.07 Å². The molecule has 2 aromatic rings. The maximum Gasteiger partial charge on any atom is 0.196 e. The lowest BCUT2D eigenvalue weighted by atomic mass is 9.91. The van der Waals surface area contributed by atoms with E-state index in [1.54, 1.807) is 0 Å². The van der Waals surface area contributed by atoms with Crippen molar-refractivity contribution in [3.05, 3.63) is 51.0 Å². The molecule has 0 saturated carbocycles. The molecule has 0 aliphatic carbocycles. The first-order chi connectivity index (χ1) is 9.04. The number of carbonyl (C=O) groups excluding carboxylic acids is 1. The van der Waals surface area contributed by atoms with Gasteiger partial charge in [0, 0.05) is 0 Å². The van der Waals surface area contributed by atoms with Crippen LogP contribution < -0.4 is 0 Å². The molecule has 2 rings (SSSR count). The van der Waals surface area contributed by atoms with Gasteiger partial charge in [-0.05, 0) is 31.9 Å². The monoisotopic (exact) mass is 270 g/mol. The van der Waals surface area contributed by atoms with Gasteiger partial charge >= 0.3 is 0 Å². The molecule has 1 aromatic heterocycles. The van der Waals surface area contributed by atoms with E-state index in [0.29, 0.717) is 10.6 Å². The zero-order valence-electron chi connectivity index (χ0n) is 11.1. The number of rotatable bonds is 3. The van der Waals surface area contributed by atoms with Crippen LogP contribution in [0.2, 0.25) is 0 Å². The topological polar surface area (TPSA) is 53.8 Å². The summed E-state index contributed by atoms with van der Waals surface area (Å²) in [6.07, 6.45) is 0. The molecule has 0 bridgehead atoms. The van der Waals surface area contributed by atoms with Gasteiger partial charge in [-0.3, -0.25) is 4.79 Å². The summed E-state index contributed by atoms with van der Waals surface area (Å²) in [5, 5.41) is 10.2. The van der Waals surface area contributed by atoms with Gasteiger partial charge in [-0.25, -0.2) is 4.98 Å². The quantitative estimate of drug-likeness (QED) is 0.801. The number of ketones is 1. The Hall–Kier alpha value is -1.99. The summed E-state index contributed by atoms with van der Waals surface area (Å²) >= 11 is 1.35. The van der Waals surface area contributed by atoms with Crippen LogP contribution in [-0.2, 0) is 0 Å². The van der Waals surface area contributed by atoms with Crippen LogP contribution >= 0.6 is 11.3 Å². The van der Waals surface area contributed by atoms with E-state index in [1.807, 2.05) is 45.0 Å². The van der Waals surface area contributed by atoms with Crippen LogP contribution in [0.4, 0.5) is 0 Å².